The molecule has 2 aliphatic carbocycles. The van der Waals surface area contributed by atoms with E-state index >= 15 is 0 Å². The molecule has 1 saturated carbocycles. The molecule has 33 heavy (non-hydrogen) atoms. The number of carboxylic acids is 1. The van der Waals surface area contributed by atoms with E-state index in [0.717, 1.165) is 28.7 Å². The molecule has 3 unspecified atom stereocenters. The number of nitrogens with zero attached hydrogens (tertiary/aromatic N) is 1. The lowest BCUT2D eigenvalue weighted by molar-refractivity contribution is -0.151. The highest BCUT2D eigenvalue weighted by atomic mass is 16.6. The first-order chi connectivity index (χ1) is 15.7. The Kier molecular flexibility index (Phi) is 5.24. The number of carbonyl (C=O) groups excluding carboxylic acids is 1. The van der Waals surface area contributed by atoms with E-state index in [0.29, 0.717) is 18.8 Å². The molecule has 0 aromatic heterocycles. The molecule has 2 aromatic carbocycles. The van der Waals surface area contributed by atoms with Crippen molar-refractivity contribution in [2.45, 2.75) is 57.7 Å². The number of amides is 1. The quantitative estimate of drug-likeness (QED) is 0.691. The van der Waals surface area contributed by atoms with Gasteiger partial charge in [-0.3, -0.25) is 4.90 Å². The van der Waals surface area contributed by atoms with Crippen LogP contribution in [0.25, 0.3) is 11.1 Å². The van der Waals surface area contributed by atoms with Crippen LogP contribution in [0.1, 0.15) is 57.1 Å². The van der Waals surface area contributed by atoms with Gasteiger partial charge in [0.15, 0.2) is 6.04 Å². The van der Waals surface area contributed by atoms with E-state index < -0.39 is 23.8 Å². The number of benzene rings is 2. The molecule has 2 aromatic rings. The molecular weight excluding hydrogens is 418 g/mol. The molecule has 6 nitrogen and oxygen atoms in total. The Bertz CT molecular complexity index is 1050. The molecule has 1 spiro atoms. The van der Waals surface area contributed by atoms with Crippen molar-refractivity contribution in [1.29, 1.82) is 0 Å². The van der Waals surface area contributed by atoms with Gasteiger partial charge < -0.3 is 14.6 Å². The molecule has 1 aliphatic heterocycles. The number of fused-ring (bicyclic) bond motifs is 3. The van der Waals surface area contributed by atoms with Crippen LogP contribution in [0.2, 0.25) is 0 Å². The van der Waals surface area contributed by atoms with Crippen molar-refractivity contribution in [1.82, 2.24) is 4.90 Å². The van der Waals surface area contributed by atoms with Gasteiger partial charge in [-0.2, -0.15) is 0 Å². The molecule has 5 rings (SSSR count). The summed E-state index contributed by atoms with van der Waals surface area (Å²) in [6.45, 7) is 6.58. The second-order valence-corrected chi connectivity index (χ2v) is 10.6. The molecule has 1 amide bonds. The molecule has 1 saturated heterocycles. The summed E-state index contributed by atoms with van der Waals surface area (Å²) in [6.07, 6.45) is 1.61. The fourth-order valence-corrected chi connectivity index (χ4v) is 6.55. The number of hydrogen-bond donors (Lipinski definition) is 1. The van der Waals surface area contributed by atoms with Gasteiger partial charge in [-0.25, -0.2) is 9.59 Å². The summed E-state index contributed by atoms with van der Waals surface area (Å²) in [5, 5.41) is 9.85. The molecule has 1 heterocycles. The van der Waals surface area contributed by atoms with E-state index in [2.05, 4.69) is 45.0 Å². The van der Waals surface area contributed by atoms with Crippen LogP contribution >= 0.6 is 0 Å². The van der Waals surface area contributed by atoms with Crippen LogP contribution in [0.15, 0.2) is 48.5 Å². The number of hydrogen-bond acceptors (Lipinski definition) is 4. The summed E-state index contributed by atoms with van der Waals surface area (Å²) in [6, 6.07) is 15.3. The van der Waals surface area contributed by atoms with Crippen molar-refractivity contribution >= 4 is 12.1 Å². The predicted molar refractivity (Wildman–Crippen MR) is 124 cm³/mol. The molecule has 0 radical (unpaired) electrons. The minimum Gasteiger partial charge on any atom is -0.480 e. The van der Waals surface area contributed by atoms with Crippen molar-refractivity contribution in [2.24, 2.45) is 11.3 Å². The lowest BCUT2D eigenvalue weighted by Gasteiger charge is -2.48. The van der Waals surface area contributed by atoms with Crippen molar-refractivity contribution in [2.75, 3.05) is 13.2 Å². The smallest absolute Gasteiger partial charge is 0.412 e. The zero-order valence-electron chi connectivity index (χ0n) is 19.4. The highest BCUT2D eigenvalue weighted by Crippen LogP contribution is 2.50. The third-order valence-electron chi connectivity index (χ3n) is 7.40. The first-order valence-corrected chi connectivity index (χ1v) is 11.7. The fraction of sp³-hybridized carbons (Fsp3) is 0.481. The molecule has 174 valence electrons. The van der Waals surface area contributed by atoms with Gasteiger partial charge in [0, 0.05) is 12.3 Å². The highest BCUT2D eigenvalue weighted by Gasteiger charge is 2.58. The number of ether oxygens (including phenoxy) is 2. The zero-order chi connectivity index (χ0) is 23.4. The van der Waals surface area contributed by atoms with Crippen LogP contribution < -0.4 is 0 Å². The van der Waals surface area contributed by atoms with Crippen LogP contribution in [-0.4, -0.2) is 47.0 Å². The number of carboxylic acid groups (broad SMARTS) is 1. The summed E-state index contributed by atoms with van der Waals surface area (Å²) in [5.74, 6) is -0.826. The van der Waals surface area contributed by atoms with Gasteiger partial charge in [0.05, 0.1) is 6.61 Å². The summed E-state index contributed by atoms with van der Waals surface area (Å²) in [4.78, 5) is 26.9. The van der Waals surface area contributed by atoms with Gasteiger partial charge in [0.1, 0.15) is 12.3 Å². The average molecular weight is 450 g/mol. The number of carbonyl (C=O) groups is 2. The van der Waals surface area contributed by atoms with Gasteiger partial charge in [0.2, 0.25) is 0 Å². The van der Waals surface area contributed by atoms with E-state index in [1.54, 1.807) is 0 Å². The Hall–Kier alpha value is -2.86. The minimum absolute atomic E-state index is 0.0116. The molecule has 6 heteroatoms. The van der Waals surface area contributed by atoms with Gasteiger partial charge in [-0.1, -0.05) is 69.3 Å². The number of rotatable bonds is 3. The van der Waals surface area contributed by atoms with Gasteiger partial charge >= 0.3 is 12.1 Å². The molecule has 0 bridgehead atoms. The van der Waals surface area contributed by atoms with E-state index in [1.165, 1.54) is 4.90 Å². The summed E-state index contributed by atoms with van der Waals surface area (Å²) < 4.78 is 12.0. The third kappa shape index (κ3) is 3.70. The standard InChI is InChI=1S/C27H31NO5/c1-17-12-26(2,3)16-27(13-17)28(23(15-33-27)24(29)30)25(31)32-14-22-20-10-6-4-8-18(20)19-9-5-7-11-21(19)22/h4-11,17,22-23H,12-16H2,1-3H3,(H,29,30). The fourth-order valence-electron chi connectivity index (χ4n) is 6.55. The van der Waals surface area contributed by atoms with Gasteiger partial charge in [-0.05, 0) is 46.4 Å². The van der Waals surface area contributed by atoms with E-state index in [-0.39, 0.29) is 24.5 Å². The number of aliphatic carboxylic acids is 1. The van der Waals surface area contributed by atoms with Crippen molar-refractivity contribution < 1.29 is 24.2 Å². The molecule has 2 fully saturated rings. The predicted octanol–water partition coefficient (Wildman–Crippen LogP) is 5.26. The second-order valence-electron chi connectivity index (χ2n) is 10.6. The maximum Gasteiger partial charge on any atom is 0.412 e. The maximum absolute atomic E-state index is 13.5. The van der Waals surface area contributed by atoms with E-state index in [1.807, 2.05) is 24.3 Å². The monoisotopic (exact) mass is 449 g/mol. The largest absolute Gasteiger partial charge is 0.480 e. The van der Waals surface area contributed by atoms with Crippen LogP contribution in [0.5, 0.6) is 0 Å². The lowest BCUT2D eigenvalue weighted by atomic mass is 9.68. The Morgan fingerprint density at radius 2 is 1.67 bits per heavy atom. The molecular formula is C27H31NO5. The van der Waals surface area contributed by atoms with Crippen LogP contribution in [-0.2, 0) is 14.3 Å². The molecule has 1 N–H and O–H groups in total. The SMILES string of the molecule is CC1CC(C)(C)CC2(C1)OCC(C(=O)O)N2C(=O)OCC1c2ccccc2-c2ccccc21. The molecule has 3 atom stereocenters. The molecule has 3 aliphatic rings. The first kappa shape index (κ1) is 22.0. The maximum atomic E-state index is 13.5. The average Bonchev–Trinajstić information content (AvgIpc) is 3.26. The minimum atomic E-state index is -1.06. The van der Waals surface area contributed by atoms with Gasteiger partial charge in [0.25, 0.3) is 0 Å². The summed E-state index contributed by atoms with van der Waals surface area (Å²) in [7, 11) is 0. The zero-order valence-corrected chi connectivity index (χ0v) is 19.4. The van der Waals surface area contributed by atoms with Crippen molar-refractivity contribution in [3.63, 3.8) is 0 Å². The highest BCUT2D eigenvalue weighted by molar-refractivity contribution is 5.82. The van der Waals surface area contributed by atoms with E-state index in [9.17, 15) is 14.7 Å². The third-order valence-corrected chi connectivity index (χ3v) is 7.40. The summed E-state index contributed by atoms with van der Waals surface area (Å²) >= 11 is 0. The van der Waals surface area contributed by atoms with Crippen LogP contribution in [0.4, 0.5) is 4.79 Å². The Balaban J connectivity index is 1.42. The topological polar surface area (TPSA) is 76.1 Å². The van der Waals surface area contributed by atoms with Crippen molar-refractivity contribution in [3.8, 4) is 11.1 Å². The van der Waals surface area contributed by atoms with Crippen LogP contribution in [0.3, 0.4) is 0 Å². The summed E-state index contributed by atoms with van der Waals surface area (Å²) in [5.41, 5.74) is 3.56. The Morgan fingerprint density at radius 3 is 2.24 bits per heavy atom. The van der Waals surface area contributed by atoms with E-state index in [4.69, 9.17) is 9.47 Å². The van der Waals surface area contributed by atoms with Crippen molar-refractivity contribution in [3.05, 3.63) is 59.7 Å². The lowest BCUT2D eigenvalue weighted by Crippen LogP contribution is -2.58. The van der Waals surface area contributed by atoms with Gasteiger partial charge in [-0.15, -0.1) is 0 Å². The second kappa shape index (κ2) is 7.87. The Labute approximate surface area is 194 Å². The Morgan fingerprint density at radius 1 is 1.06 bits per heavy atom. The normalized spacial score (nSPS) is 27.9. The first-order valence-electron chi connectivity index (χ1n) is 11.7. The van der Waals surface area contributed by atoms with Crippen LogP contribution in [0, 0.1) is 11.3 Å².